The van der Waals surface area contributed by atoms with Crippen molar-refractivity contribution in [2.24, 2.45) is 0 Å². The van der Waals surface area contributed by atoms with E-state index in [0.717, 1.165) is 39.9 Å². The maximum atomic E-state index is 12.8. The molecule has 6 nitrogen and oxygen atoms in total. The van der Waals surface area contributed by atoms with Gasteiger partial charge in [0.25, 0.3) is 5.22 Å². The number of fused-ring (bicyclic) bond motifs is 1. The number of hydrogen-bond donors (Lipinski definition) is 0. The summed E-state index contributed by atoms with van der Waals surface area (Å²) < 4.78 is 11.9. The van der Waals surface area contributed by atoms with Crippen LogP contribution in [0.3, 0.4) is 0 Å². The smallest absolute Gasteiger partial charge is 0.277 e. The van der Waals surface area contributed by atoms with Crippen LogP contribution in [0.2, 0.25) is 0 Å². The quantitative estimate of drug-likeness (QED) is 0.520. The van der Waals surface area contributed by atoms with Gasteiger partial charge in [-0.05, 0) is 54.8 Å². The summed E-state index contributed by atoms with van der Waals surface area (Å²) in [5, 5.41) is 8.51. The number of amides is 1. The molecule has 28 heavy (non-hydrogen) atoms. The van der Waals surface area contributed by atoms with Crippen LogP contribution in [-0.2, 0) is 11.2 Å². The molecule has 0 spiro atoms. The third-order valence-electron chi connectivity index (χ3n) is 4.50. The van der Waals surface area contributed by atoms with Gasteiger partial charge in [0.2, 0.25) is 11.8 Å². The van der Waals surface area contributed by atoms with E-state index in [0.29, 0.717) is 17.7 Å². The molecular formula is C20H18BrN3O3S. The lowest BCUT2D eigenvalue weighted by Gasteiger charge is -2.29. The number of benzene rings is 2. The van der Waals surface area contributed by atoms with E-state index in [4.69, 9.17) is 9.15 Å². The molecule has 1 aromatic heterocycles. The van der Waals surface area contributed by atoms with Crippen LogP contribution < -0.4 is 9.64 Å². The summed E-state index contributed by atoms with van der Waals surface area (Å²) in [7, 11) is 1.65. The SMILES string of the molecule is COc1ccc2c(c1)CCCN2C(=O)CSc1nnc(-c2cccc(Br)c2)o1. The van der Waals surface area contributed by atoms with E-state index in [-0.39, 0.29) is 11.7 Å². The number of ether oxygens (including phenoxy) is 1. The van der Waals surface area contributed by atoms with Gasteiger partial charge in [0.05, 0.1) is 12.9 Å². The number of thioether (sulfide) groups is 1. The molecule has 0 N–H and O–H groups in total. The Morgan fingerprint density at radius 3 is 3.00 bits per heavy atom. The summed E-state index contributed by atoms with van der Waals surface area (Å²) in [5.74, 6) is 1.52. The van der Waals surface area contributed by atoms with E-state index in [1.807, 2.05) is 47.4 Å². The topological polar surface area (TPSA) is 68.5 Å². The fourth-order valence-electron chi connectivity index (χ4n) is 3.17. The predicted molar refractivity (Wildman–Crippen MR) is 112 cm³/mol. The molecule has 0 unspecified atom stereocenters. The summed E-state index contributed by atoms with van der Waals surface area (Å²) in [6, 6.07) is 13.5. The first-order valence-electron chi connectivity index (χ1n) is 8.83. The van der Waals surface area contributed by atoms with Gasteiger partial charge in [-0.25, -0.2) is 0 Å². The number of hydrogen-bond acceptors (Lipinski definition) is 6. The predicted octanol–water partition coefficient (Wildman–Crippen LogP) is 4.58. The summed E-state index contributed by atoms with van der Waals surface area (Å²) >= 11 is 4.69. The molecule has 0 saturated carbocycles. The molecular weight excluding hydrogens is 442 g/mol. The Kier molecular flexibility index (Phi) is 5.68. The molecule has 2 heterocycles. The number of aromatic nitrogens is 2. The average molecular weight is 460 g/mol. The molecule has 8 heteroatoms. The zero-order chi connectivity index (χ0) is 19.5. The van der Waals surface area contributed by atoms with Crippen LogP contribution in [0, 0.1) is 0 Å². The standard InChI is InChI=1S/C20H18BrN3O3S/c1-26-16-7-8-17-13(11-16)5-3-9-24(17)18(25)12-28-20-23-22-19(27-20)14-4-2-6-15(21)10-14/h2,4,6-8,10-11H,3,5,9,12H2,1H3. The Labute approximate surface area is 175 Å². The highest BCUT2D eigenvalue weighted by Gasteiger charge is 2.23. The lowest BCUT2D eigenvalue weighted by atomic mass is 10.0. The van der Waals surface area contributed by atoms with E-state index < -0.39 is 0 Å². The minimum atomic E-state index is 0.0262. The highest BCUT2D eigenvalue weighted by molar-refractivity contribution is 9.10. The summed E-state index contributed by atoms with van der Waals surface area (Å²) in [6.45, 7) is 0.714. The van der Waals surface area contributed by atoms with Gasteiger partial charge in [-0.15, -0.1) is 10.2 Å². The van der Waals surface area contributed by atoms with Crippen molar-refractivity contribution in [1.82, 2.24) is 10.2 Å². The Hall–Kier alpha value is -2.32. The van der Waals surface area contributed by atoms with Crippen molar-refractivity contribution in [3.05, 3.63) is 52.5 Å². The zero-order valence-corrected chi connectivity index (χ0v) is 17.6. The van der Waals surface area contributed by atoms with Crippen molar-refractivity contribution in [3.8, 4) is 17.2 Å². The van der Waals surface area contributed by atoms with Gasteiger partial charge in [0.1, 0.15) is 5.75 Å². The molecule has 0 atom stereocenters. The maximum Gasteiger partial charge on any atom is 0.277 e. The van der Waals surface area contributed by atoms with E-state index in [2.05, 4.69) is 26.1 Å². The van der Waals surface area contributed by atoms with Gasteiger partial charge in [0.15, 0.2) is 0 Å². The Balaban J connectivity index is 1.43. The fraction of sp³-hybridized carbons (Fsp3) is 0.250. The molecule has 1 aliphatic rings. The van der Waals surface area contributed by atoms with Gasteiger partial charge in [-0.3, -0.25) is 4.79 Å². The molecule has 0 fully saturated rings. The molecule has 3 aromatic rings. The Morgan fingerprint density at radius 1 is 1.29 bits per heavy atom. The Morgan fingerprint density at radius 2 is 2.18 bits per heavy atom. The summed E-state index contributed by atoms with van der Waals surface area (Å²) in [6.07, 6.45) is 1.88. The second-order valence-corrected chi connectivity index (χ2v) is 8.16. The van der Waals surface area contributed by atoms with Gasteiger partial charge in [0, 0.05) is 22.3 Å². The molecule has 0 bridgehead atoms. The van der Waals surface area contributed by atoms with Gasteiger partial charge >= 0.3 is 0 Å². The number of methoxy groups -OCH3 is 1. The number of carbonyl (C=O) groups excluding carboxylic acids is 1. The monoisotopic (exact) mass is 459 g/mol. The molecule has 0 aliphatic carbocycles. The van der Waals surface area contributed by atoms with Crippen molar-refractivity contribution >= 4 is 39.3 Å². The van der Waals surface area contributed by atoms with E-state index >= 15 is 0 Å². The Bertz CT molecular complexity index is 1010. The van der Waals surface area contributed by atoms with Crippen LogP contribution in [-0.4, -0.2) is 35.5 Å². The largest absolute Gasteiger partial charge is 0.497 e. The second-order valence-electron chi connectivity index (χ2n) is 6.32. The lowest BCUT2D eigenvalue weighted by molar-refractivity contribution is -0.116. The van der Waals surface area contributed by atoms with Crippen molar-refractivity contribution in [1.29, 1.82) is 0 Å². The normalized spacial score (nSPS) is 13.3. The summed E-state index contributed by atoms with van der Waals surface area (Å²) in [4.78, 5) is 14.6. The minimum absolute atomic E-state index is 0.0262. The molecule has 4 rings (SSSR count). The number of rotatable bonds is 5. The highest BCUT2D eigenvalue weighted by Crippen LogP contribution is 2.32. The number of anilines is 1. The van der Waals surface area contributed by atoms with Crippen LogP contribution in [0.25, 0.3) is 11.5 Å². The average Bonchev–Trinajstić information content (AvgIpc) is 3.20. The van der Waals surface area contributed by atoms with E-state index in [9.17, 15) is 4.79 Å². The van der Waals surface area contributed by atoms with Crippen molar-refractivity contribution in [2.75, 3.05) is 24.3 Å². The fourth-order valence-corrected chi connectivity index (χ4v) is 4.21. The van der Waals surface area contributed by atoms with E-state index in [1.165, 1.54) is 11.8 Å². The zero-order valence-electron chi connectivity index (χ0n) is 15.2. The lowest BCUT2D eigenvalue weighted by Crippen LogP contribution is -2.36. The van der Waals surface area contributed by atoms with Crippen LogP contribution in [0.1, 0.15) is 12.0 Å². The van der Waals surface area contributed by atoms with Gasteiger partial charge in [-0.2, -0.15) is 0 Å². The number of nitrogens with zero attached hydrogens (tertiary/aromatic N) is 3. The highest BCUT2D eigenvalue weighted by atomic mass is 79.9. The molecule has 0 radical (unpaired) electrons. The van der Waals surface area contributed by atoms with Gasteiger partial charge < -0.3 is 14.1 Å². The second kappa shape index (κ2) is 8.36. The first kappa shape index (κ1) is 19.0. The molecule has 1 amide bonds. The van der Waals surface area contributed by atoms with E-state index in [1.54, 1.807) is 7.11 Å². The van der Waals surface area contributed by atoms with Crippen LogP contribution in [0.5, 0.6) is 5.75 Å². The first-order valence-corrected chi connectivity index (χ1v) is 10.6. The van der Waals surface area contributed by atoms with Crippen molar-refractivity contribution in [3.63, 3.8) is 0 Å². The third kappa shape index (κ3) is 4.07. The maximum absolute atomic E-state index is 12.8. The molecule has 144 valence electrons. The first-order chi connectivity index (χ1) is 13.6. The minimum Gasteiger partial charge on any atom is -0.497 e. The third-order valence-corrected chi connectivity index (χ3v) is 5.80. The van der Waals surface area contributed by atoms with Crippen LogP contribution in [0.4, 0.5) is 5.69 Å². The number of halogens is 1. The van der Waals surface area contributed by atoms with Gasteiger partial charge in [-0.1, -0.05) is 33.8 Å². The van der Waals surface area contributed by atoms with Crippen LogP contribution >= 0.6 is 27.7 Å². The number of carbonyl (C=O) groups is 1. The summed E-state index contributed by atoms with van der Waals surface area (Å²) in [5.41, 5.74) is 2.93. The molecule has 0 saturated heterocycles. The van der Waals surface area contributed by atoms with Crippen LogP contribution in [0.15, 0.2) is 56.6 Å². The van der Waals surface area contributed by atoms with Crippen molar-refractivity contribution < 1.29 is 13.9 Å². The molecule has 2 aromatic carbocycles. The van der Waals surface area contributed by atoms with Crippen molar-refractivity contribution in [2.45, 2.75) is 18.1 Å². The molecule has 1 aliphatic heterocycles. The number of aryl methyl sites for hydroxylation is 1.